The number of hydrogen-bond acceptors (Lipinski definition) is 15. The second-order valence-electron chi connectivity index (χ2n) is 19.4. The number of fused-ring (bicyclic) bond motifs is 5. The maximum Gasteiger partial charge on any atom is 0.333 e. The molecule has 4 aliphatic rings. The number of unbranched alkanes of at least 4 members (excludes halogenated alkanes) is 1. The standard InChI is InChI=1S/C58H60N8O13/c1-33(61-51(67)16-10-11-17-54(70)79-66-52(68)18-19-53(66)69)55(71)62-34(2)56(72)63-39-23-35(31-77-49-28-43(59-3)41(26-47(49)75-4)57(73)64-21-20-37-12-6-8-14-45(37)64)22-36(24-39)32-78-50-29-44-42(27-48(50)76-5)58(74)65-40(30-60-44)25-38-13-7-9-15-46(38)65/h6-9,12-15,22-24,26-30,33-34,40,59H,10-11,16-21,25,31-32H2,1-5H3,(H,61,67)(H,62,71)(H,63,72)/t33-,34-,40-/m0/s1. The number of aliphatic imine (C=N–C) groups is 1. The van der Waals surface area contributed by atoms with Gasteiger partial charge in [-0.05, 0) is 97.8 Å². The Labute approximate surface area is 455 Å². The first-order valence-electron chi connectivity index (χ1n) is 26.0. The molecular weight excluding hydrogens is 1020 g/mol. The molecule has 0 spiro atoms. The van der Waals surface area contributed by atoms with Crippen LogP contribution in [-0.4, -0.2) is 105 Å². The van der Waals surface area contributed by atoms with Gasteiger partial charge in [0.25, 0.3) is 23.6 Å². The fourth-order valence-corrected chi connectivity index (χ4v) is 9.82. The Bertz CT molecular complexity index is 3270. The Hall–Kier alpha value is -9.27. The first-order valence-corrected chi connectivity index (χ1v) is 26.0. The number of para-hydroxylation sites is 2. The van der Waals surface area contributed by atoms with Crippen LogP contribution >= 0.6 is 0 Å². The summed E-state index contributed by atoms with van der Waals surface area (Å²) in [6.45, 7) is 3.39. The summed E-state index contributed by atoms with van der Waals surface area (Å²) < 4.78 is 24.3. The van der Waals surface area contributed by atoms with Gasteiger partial charge in [-0.1, -0.05) is 36.4 Å². The highest BCUT2D eigenvalue weighted by Crippen LogP contribution is 2.42. The van der Waals surface area contributed by atoms with E-state index in [0.29, 0.717) is 80.3 Å². The van der Waals surface area contributed by atoms with Gasteiger partial charge in [0, 0.05) is 81.1 Å². The molecule has 0 saturated carbocycles. The lowest BCUT2D eigenvalue weighted by Crippen LogP contribution is -2.50. The largest absolute Gasteiger partial charge is 0.493 e. The van der Waals surface area contributed by atoms with Crippen LogP contribution in [0.15, 0.2) is 96.0 Å². The molecule has 0 aromatic heterocycles. The number of benzene rings is 5. The van der Waals surface area contributed by atoms with Crippen molar-refractivity contribution in [3.8, 4) is 23.0 Å². The fraction of sp³-hybridized carbons (Fsp3) is 0.328. The zero-order valence-electron chi connectivity index (χ0n) is 44.3. The monoisotopic (exact) mass is 1080 g/mol. The van der Waals surface area contributed by atoms with Crippen LogP contribution in [-0.2, 0) is 59.7 Å². The summed E-state index contributed by atoms with van der Waals surface area (Å²) in [6, 6.07) is 25.0. The van der Waals surface area contributed by atoms with E-state index >= 15 is 0 Å². The number of anilines is 4. The third-order valence-electron chi connectivity index (χ3n) is 13.9. The Balaban J connectivity index is 0.885. The van der Waals surface area contributed by atoms with E-state index in [0.717, 1.165) is 28.9 Å². The van der Waals surface area contributed by atoms with Gasteiger partial charge in [0.15, 0.2) is 23.0 Å². The predicted molar refractivity (Wildman–Crippen MR) is 291 cm³/mol. The first kappa shape index (κ1) is 54.5. The molecule has 9 rings (SSSR count). The maximum atomic E-state index is 14.1. The maximum absolute atomic E-state index is 14.1. The van der Waals surface area contributed by atoms with Gasteiger partial charge >= 0.3 is 5.97 Å². The first-order chi connectivity index (χ1) is 38.1. The molecule has 7 amide bonds. The topological polar surface area (TPSA) is 253 Å². The number of rotatable bonds is 21. The molecule has 4 heterocycles. The number of carbonyl (C=O) groups excluding carboxylic acids is 8. The van der Waals surface area contributed by atoms with E-state index in [2.05, 4.69) is 21.3 Å². The number of ether oxygens (including phenoxy) is 4. The minimum atomic E-state index is -1.08. The number of nitrogens with one attached hydrogen (secondary N) is 4. The van der Waals surface area contributed by atoms with Crippen molar-refractivity contribution in [3.63, 3.8) is 0 Å². The molecule has 3 atom stereocenters. The summed E-state index contributed by atoms with van der Waals surface area (Å²) in [7, 11) is 4.68. The lowest BCUT2D eigenvalue weighted by atomic mass is 10.1. The second-order valence-corrected chi connectivity index (χ2v) is 19.4. The highest BCUT2D eigenvalue weighted by molar-refractivity contribution is 6.15. The van der Waals surface area contributed by atoms with Crippen molar-refractivity contribution >= 4 is 82.0 Å². The van der Waals surface area contributed by atoms with Crippen LogP contribution < -0.4 is 50.0 Å². The minimum absolute atomic E-state index is 0.0233. The Morgan fingerprint density at radius 3 is 2.03 bits per heavy atom. The van der Waals surface area contributed by atoms with Crippen molar-refractivity contribution in [2.45, 2.75) is 96.6 Å². The molecule has 5 aromatic carbocycles. The van der Waals surface area contributed by atoms with Gasteiger partial charge in [0.2, 0.25) is 17.7 Å². The van der Waals surface area contributed by atoms with Crippen LogP contribution in [0, 0.1) is 0 Å². The van der Waals surface area contributed by atoms with Crippen LogP contribution in [0.25, 0.3) is 0 Å². The number of amides is 7. The third kappa shape index (κ3) is 12.1. The number of carbonyl (C=O) groups is 8. The van der Waals surface area contributed by atoms with Crippen molar-refractivity contribution in [1.82, 2.24) is 15.7 Å². The van der Waals surface area contributed by atoms with Gasteiger partial charge in [-0.2, -0.15) is 0 Å². The summed E-state index contributed by atoms with van der Waals surface area (Å²) in [5.74, 6) is -2.79. The average molecular weight is 1080 g/mol. The molecular formula is C58H60N8O13. The van der Waals surface area contributed by atoms with Crippen LogP contribution in [0.5, 0.6) is 23.0 Å². The number of imide groups is 1. The second kappa shape index (κ2) is 24.0. The molecule has 410 valence electrons. The van der Waals surface area contributed by atoms with E-state index in [1.54, 1.807) is 59.5 Å². The Morgan fingerprint density at radius 2 is 1.33 bits per heavy atom. The third-order valence-corrected chi connectivity index (χ3v) is 13.9. The summed E-state index contributed by atoms with van der Waals surface area (Å²) in [4.78, 5) is 117. The Morgan fingerprint density at radius 1 is 0.696 bits per heavy atom. The molecule has 0 radical (unpaired) electrons. The molecule has 1 saturated heterocycles. The van der Waals surface area contributed by atoms with Crippen LogP contribution in [0.2, 0.25) is 0 Å². The van der Waals surface area contributed by atoms with Gasteiger partial charge < -0.3 is 50.0 Å². The van der Waals surface area contributed by atoms with Crippen molar-refractivity contribution in [2.75, 3.05) is 48.2 Å². The Kier molecular flexibility index (Phi) is 16.5. The minimum Gasteiger partial charge on any atom is -0.493 e. The van der Waals surface area contributed by atoms with E-state index in [4.69, 9.17) is 28.8 Å². The fourth-order valence-electron chi connectivity index (χ4n) is 9.82. The number of hydroxylamine groups is 2. The van der Waals surface area contributed by atoms with Gasteiger partial charge in [0.05, 0.1) is 42.8 Å². The number of methoxy groups -OCH3 is 2. The van der Waals surface area contributed by atoms with E-state index in [-0.39, 0.29) is 69.6 Å². The summed E-state index contributed by atoms with van der Waals surface area (Å²) in [5.41, 5.74) is 7.01. The molecule has 4 N–H and O–H groups in total. The van der Waals surface area contributed by atoms with Crippen LogP contribution in [0.1, 0.15) is 95.3 Å². The van der Waals surface area contributed by atoms with Gasteiger partial charge in [-0.15, -0.1) is 5.06 Å². The zero-order chi connectivity index (χ0) is 55.9. The lowest BCUT2D eigenvalue weighted by molar-refractivity contribution is -0.197. The van der Waals surface area contributed by atoms with Crippen molar-refractivity contribution < 1.29 is 62.1 Å². The summed E-state index contributed by atoms with van der Waals surface area (Å²) in [5, 5.41) is 11.7. The van der Waals surface area contributed by atoms with Crippen LogP contribution in [0.3, 0.4) is 0 Å². The highest BCUT2D eigenvalue weighted by Gasteiger charge is 2.37. The normalized spacial score (nSPS) is 15.7. The van der Waals surface area contributed by atoms with Crippen molar-refractivity contribution in [1.29, 1.82) is 0 Å². The number of nitrogens with zero attached hydrogens (tertiary/aromatic N) is 4. The summed E-state index contributed by atoms with van der Waals surface area (Å²) in [6.07, 6.45) is 3.42. The summed E-state index contributed by atoms with van der Waals surface area (Å²) >= 11 is 0. The van der Waals surface area contributed by atoms with Gasteiger partial charge in [-0.25, -0.2) is 4.79 Å². The SMILES string of the molecule is CNc1cc(OCc2cc(COc3cc4c(cc3OC)C(=O)N3c5ccccc5C[C@H]3C=N4)cc(NC(=O)[C@H](C)NC(=O)[C@H](C)NC(=O)CCCCC(=O)ON3C(=O)CCC3=O)c2)c(OC)cc1C(=O)N1CCc2ccccc21. The van der Waals surface area contributed by atoms with E-state index in [9.17, 15) is 38.4 Å². The molecule has 5 aromatic rings. The van der Waals surface area contributed by atoms with Crippen molar-refractivity contribution in [2.24, 2.45) is 4.99 Å². The lowest BCUT2D eigenvalue weighted by Gasteiger charge is -2.22. The predicted octanol–water partition coefficient (Wildman–Crippen LogP) is 6.51. The zero-order valence-corrected chi connectivity index (χ0v) is 44.3. The van der Waals surface area contributed by atoms with Crippen molar-refractivity contribution in [3.05, 3.63) is 124 Å². The quantitative estimate of drug-likeness (QED) is 0.0452. The van der Waals surface area contributed by atoms with Gasteiger partial charge in [0.1, 0.15) is 25.3 Å². The van der Waals surface area contributed by atoms with Crippen LogP contribution in [0.4, 0.5) is 28.4 Å². The van der Waals surface area contributed by atoms with E-state index < -0.39 is 47.6 Å². The molecule has 21 nitrogen and oxygen atoms in total. The van der Waals surface area contributed by atoms with E-state index in [1.165, 1.54) is 28.1 Å². The molecule has 1 fully saturated rings. The molecule has 0 aliphatic carbocycles. The molecule has 79 heavy (non-hydrogen) atoms. The molecule has 4 aliphatic heterocycles. The molecule has 0 unspecified atom stereocenters. The highest BCUT2D eigenvalue weighted by atomic mass is 16.7. The van der Waals surface area contributed by atoms with Gasteiger partial charge in [-0.3, -0.25) is 43.5 Å². The molecule has 0 bridgehead atoms. The van der Waals surface area contributed by atoms with E-state index in [1.807, 2.05) is 54.6 Å². The average Bonchev–Trinajstić information content (AvgIpc) is 4.25. The molecule has 21 heteroatoms. The number of hydrogen-bond donors (Lipinski definition) is 4. The smallest absolute Gasteiger partial charge is 0.333 e.